The molecule has 1 fully saturated rings. The number of methoxy groups -OCH3 is 1. The van der Waals surface area contributed by atoms with Gasteiger partial charge in [0.05, 0.1) is 18.6 Å². The summed E-state index contributed by atoms with van der Waals surface area (Å²) < 4.78 is 28.7. The maximum Gasteiger partial charge on any atom is 0.253 e. The predicted octanol–water partition coefficient (Wildman–Crippen LogP) is 3.15. The molecule has 2 heterocycles. The molecule has 1 aliphatic rings. The van der Waals surface area contributed by atoms with Crippen LogP contribution < -0.4 is 10.1 Å². The van der Waals surface area contributed by atoms with E-state index in [0.29, 0.717) is 23.6 Å². The molecule has 32 heavy (non-hydrogen) atoms. The highest BCUT2D eigenvalue weighted by Crippen LogP contribution is 2.23. The largest absolute Gasteiger partial charge is 0.497 e. The van der Waals surface area contributed by atoms with E-state index in [1.54, 1.807) is 44.8 Å². The van der Waals surface area contributed by atoms with Crippen LogP contribution in [0.4, 0.5) is 11.6 Å². The van der Waals surface area contributed by atoms with Crippen LogP contribution in [0.1, 0.15) is 16.8 Å². The second-order valence-electron chi connectivity index (χ2n) is 7.70. The van der Waals surface area contributed by atoms with Crippen molar-refractivity contribution in [3.8, 4) is 16.9 Å². The number of benzene rings is 2. The Hall–Kier alpha value is -3.46. The van der Waals surface area contributed by atoms with Gasteiger partial charge in [0.25, 0.3) is 5.91 Å². The van der Waals surface area contributed by atoms with Crippen molar-refractivity contribution in [1.29, 1.82) is 0 Å². The smallest absolute Gasteiger partial charge is 0.253 e. The van der Waals surface area contributed by atoms with Crippen LogP contribution in [-0.2, 0) is 9.84 Å². The number of aromatic nitrogens is 2. The highest BCUT2D eigenvalue weighted by molar-refractivity contribution is 7.91. The van der Waals surface area contributed by atoms with Gasteiger partial charge in [-0.2, -0.15) is 0 Å². The van der Waals surface area contributed by atoms with E-state index in [1.165, 1.54) is 4.90 Å². The molecule has 1 saturated heterocycles. The molecule has 2 aromatic carbocycles. The van der Waals surface area contributed by atoms with Crippen LogP contribution in [0.3, 0.4) is 0 Å². The summed E-state index contributed by atoms with van der Waals surface area (Å²) in [5.74, 6) is 1.11. The van der Waals surface area contributed by atoms with Crippen molar-refractivity contribution in [3.63, 3.8) is 0 Å². The Bertz CT molecular complexity index is 1210. The number of carbonyl (C=O) groups is 1. The van der Waals surface area contributed by atoms with Gasteiger partial charge in [0.15, 0.2) is 9.84 Å². The molecule has 4 rings (SSSR count). The first-order valence-electron chi connectivity index (χ1n) is 10.2. The molecule has 1 amide bonds. The average Bonchev–Trinajstić information content (AvgIpc) is 3.18. The van der Waals surface area contributed by atoms with Crippen LogP contribution in [-0.4, -0.2) is 60.9 Å². The lowest BCUT2D eigenvalue weighted by Gasteiger charge is -2.23. The maximum absolute atomic E-state index is 12.9. The summed E-state index contributed by atoms with van der Waals surface area (Å²) in [6.45, 7) is 0. The summed E-state index contributed by atoms with van der Waals surface area (Å²) in [5, 5.41) is 3.11. The van der Waals surface area contributed by atoms with Gasteiger partial charge in [-0.15, -0.1) is 0 Å². The Morgan fingerprint density at radius 2 is 1.81 bits per heavy atom. The first-order chi connectivity index (χ1) is 15.3. The van der Waals surface area contributed by atoms with Gasteiger partial charge < -0.3 is 15.0 Å². The fraction of sp³-hybridized carbons (Fsp3) is 0.261. The quantitative estimate of drug-likeness (QED) is 0.613. The summed E-state index contributed by atoms with van der Waals surface area (Å²) in [7, 11) is 0.210. The van der Waals surface area contributed by atoms with Crippen LogP contribution in [0.2, 0.25) is 0 Å². The molecule has 1 atom stereocenters. The zero-order chi connectivity index (χ0) is 22.7. The first kappa shape index (κ1) is 21.8. The van der Waals surface area contributed by atoms with Crippen molar-refractivity contribution in [2.75, 3.05) is 31.0 Å². The summed E-state index contributed by atoms with van der Waals surface area (Å²) >= 11 is 0. The number of anilines is 2. The summed E-state index contributed by atoms with van der Waals surface area (Å²) in [5.41, 5.74) is 2.98. The van der Waals surface area contributed by atoms with Crippen LogP contribution in [0.5, 0.6) is 5.75 Å². The summed E-state index contributed by atoms with van der Waals surface area (Å²) in [4.78, 5) is 23.1. The van der Waals surface area contributed by atoms with Crippen molar-refractivity contribution in [2.24, 2.45) is 0 Å². The van der Waals surface area contributed by atoms with E-state index >= 15 is 0 Å². The second-order valence-corrected chi connectivity index (χ2v) is 9.93. The van der Waals surface area contributed by atoms with Crippen molar-refractivity contribution in [2.45, 2.75) is 12.5 Å². The van der Waals surface area contributed by atoms with E-state index in [-0.39, 0.29) is 23.5 Å². The third kappa shape index (κ3) is 4.88. The van der Waals surface area contributed by atoms with Gasteiger partial charge in [0.2, 0.25) is 5.95 Å². The van der Waals surface area contributed by atoms with E-state index < -0.39 is 9.84 Å². The lowest BCUT2D eigenvalue weighted by molar-refractivity contribution is 0.0747. The maximum atomic E-state index is 12.9. The van der Waals surface area contributed by atoms with Crippen molar-refractivity contribution in [1.82, 2.24) is 14.9 Å². The molecule has 1 N–H and O–H groups in total. The topological polar surface area (TPSA) is 101 Å². The number of nitrogens with zero attached hydrogens (tertiary/aromatic N) is 3. The molecule has 3 aromatic rings. The van der Waals surface area contributed by atoms with Gasteiger partial charge in [0.1, 0.15) is 5.75 Å². The molecular weight excluding hydrogens is 428 g/mol. The lowest BCUT2D eigenvalue weighted by atomic mass is 10.1. The van der Waals surface area contributed by atoms with Crippen LogP contribution in [0, 0.1) is 0 Å². The average molecular weight is 453 g/mol. The number of hydrogen-bond acceptors (Lipinski definition) is 7. The van der Waals surface area contributed by atoms with E-state index in [4.69, 9.17) is 4.74 Å². The van der Waals surface area contributed by atoms with Crippen molar-refractivity contribution >= 4 is 27.4 Å². The Labute approximate surface area is 187 Å². The monoisotopic (exact) mass is 452 g/mol. The molecule has 9 heteroatoms. The molecule has 0 aliphatic carbocycles. The first-order valence-corrected chi connectivity index (χ1v) is 12.0. The SMILES string of the molecule is COc1ccc(-c2cnc(Nc3cccc(C(=O)N(C)C4CCS(=O)(=O)C4)c3)nc2)cc1. The number of sulfone groups is 1. The molecule has 1 aromatic heterocycles. The van der Waals surface area contributed by atoms with E-state index in [9.17, 15) is 13.2 Å². The third-order valence-electron chi connectivity index (χ3n) is 5.52. The Balaban J connectivity index is 1.45. The van der Waals surface area contributed by atoms with Gasteiger partial charge in [-0.1, -0.05) is 18.2 Å². The predicted molar refractivity (Wildman–Crippen MR) is 123 cm³/mol. The minimum absolute atomic E-state index is 0.0154. The molecule has 1 unspecified atom stereocenters. The zero-order valence-corrected chi connectivity index (χ0v) is 18.7. The number of rotatable bonds is 6. The lowest BCUT2D eigenvalue weighted by Crippen LogP contribution is -2.37. The number of carbonyl (C=O) groups excluding carboxylic acids is 1. The number of ether oxygens (including phenoxy) is 1. The second kappa shape index (κ2) is 8.96. The molecule has 0 radical (unpaired) electrons. The Morgan fingerprint density at radius 1 is 1.09 bits per heavy atom. The number of hydrogen-bond donors (Lipinski definition) is 1. The number of amides is 1. The van der Waals surface area contributed by atoms with Gasteiger partial charge in [-0.05, 0) is 42.3 Å². The van der Waals surface area contributed by atoms with Gasteiger partial charge in [-0.3, -0.25) is 4.79 Å². The third-order valence-corrected chi connectivity index (χ3v) is 7.27. The van der Waals surface area contributed by atoms with Gasteiger partial charge in [0, 0.05) is 42.3 Å². The minimum Gasteiger partial charge on any atom is -0.497 e. The van der Waals surface area contributed by atoms with Crippen LogP contribution in [0.15, 0.2) is 60.9 Å². The standard InChI is InChI=1S/C23H24N4O4S/c1-27(20-10-11-32(29,30)15-20)22(28)17-4-3-5-19(12-17)26-23-24-13-18(14-25-23)16-6-8-21(31-2)9-7-16/h3-9,12-14,20H,10-11,15H2,1-2H3,(H,24,25,26). The Kier molecular flexibility index (Phi) is 6.09. The molecule has 166 valence electrons. The van der Waals surface area contributed by atoms with E-state index in [2.05, 4.69) is 15.3 Å². The summed E-state index contributed by atoms with van der Waals surface area (Å²) in [6, 6.07) is 14.3. The molecule has 8 nitrogen and oxygen atoms in total. The zero-order valence-electron chi connectivity index (χ0n) is 17.9. The van der Waals surface area contributed by atoms with Crippen LogP contribution in [0.25, 0.3) is 11.1 Å². The molecule has 1 aliphatic heterocycles. The fourth-order valence-corrected chi connectivity index (χ4v) is 5.41. The number of nitrogens with one attached hydrogen (secondary N) is 1. The fourth-order valence-electron chi connectivity index (χ4n) is 3.63. The van der Waals surface area contributed by atoms with Crippen molar-refractivity contribution < 1.29 is 17.9 Å². The summed E-state index contributed by atoms with van der Waals surface area (Å²) in [6.07, 6.45) is 3.91. The van der Waals surface area contributed by atoms with Gasteiger partial charge >= 0.3 is 0 Å². The molecule has 0 bridgehead atoms. The van der Waals surface area contributed by atoms with Crippen molar-refractivity contribution in [3.05, 3.63) is 66.5 Å². The highest BCUT2D eigenvalue weighted by atomic mass is 32.2. The highest BCUT2D eigenvalue weighted by Gasteiger charge is 2.33. The molecule has 0 spiro atoms. The van der Waals surface area contributed by atoms with Gasteiger partial charge in [-0.25, -0.2) is 18.4 Å². The Morgan fingerprint density at radius 3 is 2.44 bits per heavy atom. The van der Waals surface area contributed by atoms with Crippen LogP contribution >= 0.6 is 0 Å². The molecular formula is C23H24N4O4S. The van der Waals surface area contributed by atoms with E-state index in [0.717, 1.165) is 16.9 Å². The van der Waals surface area contributed by atoms with E-state index in [1.807, 2.05) is 30.3 Å². The molecule has 0 saturated carbocycles. The minimum atomic E-state index is -3.06. The normalized spacial score (nSPS) is 17.0.